The number of carbonyl (C=O) groups is 1. The second kappa shape index (κ2) is 8.42. The first-order chi connectivity index (χ1) is 11.9. The number of esters is 1. The minimum Gasteiger partial charge on any atom is -0.463 e. The number of nitrogens with one attached hydrogen (secondary N) is 1. The summed E-state index contributed by atoms with van der Waals surface area (Å²) >= 11 is 12.4. The Labute approximate surface area is 158 Å². The van der Waals surface area contributed by atoms with Crippen LogP contribution in [0.5, 0.6) is 0 Å². The van der Waals surface area contributed by atoms with E-state index in [0.717, 1.165) is 17.8 Å². The van der Waals surface area contributed by atoms with Gasteiger partial charge in [0.25, 0.3) is 0 Å². The third kappa shape index (κ3) is 4.00. The zero-order chi connectivity index (χ0) is 18.6. The second-order valence-corrected chi connectivity index (χ2v) is 6.58. The molecule has 1 unspecified atom stereocenters. The van der Waals surface area contributed by atoms with E-state index in [2.05, 4.69) is 11.4 Å². The van der Waals surface area contributed by atoms with Gasteiger partial charge in [-0.1, -0.05) is 42.6 Å². The van der Waals surface area contributed by atoms with E-state index in [-0.39, 0.29) is 6.61 Å². The number of dihydropyridines is 1. The molecule has 1 aromatic carbocycles. The van der Waals surface area contributed by atoms with Crippen molar-refractivity contribution >= 4 is 29.2 Å². The number of ether oxygens (including phenoxy) is 1. The van der Waals surface area contributed by atoms with Crippen LogP contribution >= 0.6 is 23.2 Å². The molecule has 1 N–H and O–H groups in total. The average Bonchev–Trinajstić information content (AvgIpc) is 2.55. The lowest BCUT2D eigenvalue weighted by Crippen LogP contribution is -2.30. The summed E-state index contributed by atoms with van der Waals surface area (Å²) in [7, 11) is 0. The topological polar surface area (TPSA) is 62.1 Å². The number of nitriles is 1. The second-order valence-electron chi connectivity index (χ2n) is 5.74. The maximum Gasteiger partial charge on any atom is 0.336 e. The zero-order valence-electron chi connectivity index (χ0n) is 14.5. The van der Waals surface area contributed by atoms with Crippen LogP contribution in [0, 0.1) is 11.3 Å². The van der Waals surface area contributed by atoms with Crippen molar-refractivity contribution in [2.24, 2.45) is 0 Å². The first-order valence-electron chi connectivity index (χ1n) is 8.17. The highest BCUT2D eigenvalue weighted by molar-refractivity contribution is 6.35. The van der Waals surface area contributed by atoms with E-state index in [1.54, 1.807) is 25.1 Å². The van der Waals surface area contributed by atoms with Crippen molar-refractivity contribution in [2.45, 2.75) is 39.5 Å². The summed E-state index contributed by atoms with van der Waals surface area (Å²) in [5.74, 6) is -1.01. The molecule has 1 aliphatic rings. The maximum absolute atomic E-state index is 12.7. The predicted octanol–water partition coefficient (Wildman–Crippen LogP) is 5.10. The van der Waals surface area contributed by atoms with Crippen LogP contribution < -0.4 is 5.32 Å². The molecule has 132 valence electrons. The van der Waals surface area contributed by atoms with Crippen molar-refractivity contribution in [1.29, 1.82) is 5.26 Å². The predicted molar refractivity (Wildman–Crippen MR) is 99.2 cm³/mol. The number of carbonyl (C=O) groups excluding carboxylic acids is 1. The highest BCUT2D eigenvalue weighted by atomic mass is 35.5. The Morgan fingerprint density at radius 3 is 2.64 bits per heavy atom. The van der Waals surface area contributed by atoms with Crippen LogP contribution in [0.1, 0.15) is 45.1 Å². The molecule has 0 amide bonds. The summed E-state index contributed by atoms with van der Waals surface area (Å²) in [5.41, 5.74) is 3.05. The van der Waals surface area contributed by atoms with Gasteiger partial charge in [0.1, 0.15) is 0 Å². The maximum atomic E-state index is 12.7. The molecule has 0 fully saturated rings. The van der Waals surface area contributed by atoms with Gasteiger partial charge in [-0.15, -0.1) is 0 Å². The molecule has 2 rings (SSSR count). The molecular formula is C19H20Cl2N2O2. The summed E-state index contributed by atoms with van der Waals surface area (Å²) in [6, 6.07) is 7.30. The fourth-order valence-electron chi connectivity index (χ4n) is 2.99. The first kappa shape index (κ1) is 19.4. The van der Waals surface area contributed by atoms with Crippen LogP contribution in [0.4, 0.5) is 0 Å². The third-order valence-electron chi connectivity index (χ3n) is 4.03. The average molecular weight is 379 g/mol. The van der Waals surface area contributed by atoms with Crippen LogP contribution in [0.3, 0.4) is 0 Å². The molecule has 1 aromatic rings. The van der Waals surface area contributed by atoms with Gasteiger partial charge in [0.2, 0.25) is 0 Å². The summed E-state index contributed by atoms with van der Waals surface area (Å²) in [6.45, 7) is 5.87. The Kier molecular flexibility index (Phi) is 6.52. The van der Waals surface area contributed by atoms with Gasteiger partial charge < -0.3 is 10.1 Å². The van der Waals surface area contributed by atoms with Crippen LogP contribution in [0.25, 0.3) is 0 Å². The quantitative estimate of drug-likeness (QED) is 0.724. The highest BCUT2D eigenvalue weighted by Gasteiger charge is 2.36. The van der Waals surface area contributed by atoms with Gasteiger partial charge in [0.15, 0.2) is 0 Å². The smallest absolute Gasteiger partial charge is 0.336 e. The molecule has 1 aliphatic heterocycles. The van der Waals surface area contributed by atoms with Crippen molar-refractivity contribution in [3.63, 3.8) is 0 Å². The third-order valence-corrected chi connectivity index (χ3v) is 4.60. The number of benzene rings is 1. The van der Waals surface area contributed by atoms with Crippen molar-refractivity contribution in [2.75, 3.05) is 6.61 Å². The minimum atomic E-state index is -0.573. The number of hydrogen-bond donors (Lipinski definition) is 1. The molecule has 0 spiro atoms. The van der Waals surface area contributed by atoms with Crippen LogP contribution in [-0.4, -0.2) is 12.6 Å². The van der Waals surface area contributed by atoms with Crippen LogP contribution in [-0.2, 0) is 9.53 Å². The van der Waals surface area contributed by atoms with Crippen molar-refractivity contribution < 1.29 is 9.53 Å². The van der Waals surface area contributed by atoms with Gasteiger partial charge in [-0.3, -0.25) is 0 Å². The Balaban J connectivity index is 2.71. The van der Waals surface area contributed by atoms with Gasteiger partial charge >= 0.3 is 5.97 Å². The minimum absolute atomic E-state index is 0.257. The van der Waals surface area contributed by atoms with Gasteiger partial charge in [0, 0.05) is 21.4 Å². The number of hydrogen-bond acceptors (Lipinski definition) is 4. The highest BCUT2D eigenvalue weighted by Crippen LogP contribution is 2.42. The van der Waals surface area contributed by atoms with Crippen molar-refractivity contribution in [1.82, 2.24) is 5.32 Å². The van der Waals surface area contributed by atoms with Gasteiger partial charge in [-0.25, -0.2) is 4.79 Å². The lowest BCUT2D eigenvalue weighted by Gasteiger charge is -2.30. The molecule has 0 bridgehead atoms. The number of nitrogens with zero attached hydrogens (tertiary/aromatic N) is 1. The molecule has 1 heterocycles. The number of rotatable bonds is 5. The van der Waals surface area contributed by atoms with Gasteiger partial charge in [-0.2, -0.15) is 5.26 Å². The molecule has 0 saturated heterocycles. The molecule has 6 heteroatoms. The standard InChI is InChI=1S/C19H20Cl2N2O2/c1-4-6-16-18(19(24)25-5-2)17(14(10-22)11(3)23-16)13-8-7-12(20)9-15(13)21/h7-9,17,23H,4-6H2,1-3H3. The Morgan fingerprint density at radius 2 is 2.08 bits per heavy atom. The monoisotopic (exact) mass is 378 g/mol. The van der Waals surface area contributed by atoms with Crippen LogP contribution in [0.2, 0.25) is 10.0 Å². The number of halogens is 2. The summed E-state index contributed by atoms with van der Waals surface area (Å²) < 4.78 is 5.26. The van der Waals surface area contributed by atoms with E-state index in [1.807, 2.05) is 13.8 Å². The van der Waals surface area contributed by atoms with E-state index in [0.29, 0.717) is 33.2 Å². The molecule has 4 nitrogen and oxygen atoms in total. The molecular weight excluding hydrogens is 359 g/mol. The lowest BCUT2D eigenvalue weighted by molar-refractivity contribution is -0.138. The Bertz CT molecular complexity index is 791. The lowest BCUT2D eigenvalue weighted by atomic mass is 9.80. The largest absolute Gasteiger partial charge is 0.463 e. The molecule has 25 heavy (non-hydrogen) atoms. The normalized spacial score (nSPS) is 17.2. The van der Waals surface area contributed by atoms with E-state index in [9.17, 15) is 10.1 Å². The molecule has 0 aromatic heterocycles. The molecule has 0 saturated carbocycles. The zero-order valence-corrected chi connectivity index (χ0v) is 16.0. The summed E-state index contributed by atoms with van der Waals surface area (Å²) in [4.78, 5) is 12.7. The van der Waals surface area contributed by atoms with Gasteiger partial charge in [-0.05, 0) is 38.0 Å². The fourth-order valence-corrected chi connectivity index (χ4v) is 3.51. The Morgan fingerprint density at radius 1 is 1.36 bits per heavy atom. The number of allylic oxidation sites excluding steroid dienone is 3. The van der Waals surface area contributed by atoms with Crippen molar-refractivity contribution in [3.05, 3.63) is 56.3 Å². The molecule has 0 radical (unpaired) electrons. The van der Waals surface area contributed by atoms with Crippen molar-refractivity contribution in [3.8, 4) is 6.07 Å². The van der Waals surface area contributed by atoms with E-state index in [4.69, 9.17) is 27.9 Å². The first-order valence-corrected chi connectivity index (χ1v) is 8.93. The Hall–Kier alpha value is -1.96. The summed E-state index contributed by atoms with van der Waals surface area (Å²) in [5, 5.41) is 13.8. The van der Waals surface area contributed by atoms with Gasteiger partial charge in [0.05, 0.1) is 29.7 Å². The summed E-state index contributed by atoms with van der Waals surface area (Å²) in [6.07, 6.45) is 1.52. The molecule has 0 aliphatic carbocycles. The fraction of sp³-hybridized carbons (Fsp3) is 0.368. The van der Waals surface area contributed by atoms with E-state index >= 15 is 0 Å². The van der Waals surface area contributed by atoms with Crippen LogP contribution in [0.15, 0.2) is 40.7 Å². The van der Waals surface area contributed by atoms with E-state index < -0.39 is 11.9 Å². The molecule has 1 atom stereocenters. The van der Waals surface area contributed by atoms with E-state index in [1.165, 1.54) is 0 Å². The SMILES string of the molecule is CCCC1=C(C(=O)OCC)C(c2ccc(Cl)cc2Cl)C(C#N)=C(C)N1.